The Morgan fingerprint density at radius 2 is 2.17 bits per heavy atom. The Morgan fingerprint density at radius 3 is 2.91 bits per heavy atom. The average Bonchev–Trinajstić information content (AvgIpc) is 2.85. The van der Waals surface area contributed by atoms with Crippen LogP contribution in [0.4, 0.5) is 0 Å². The summed E-state index contributed by atoms with van der Waals surface area (Å²) in [4.78, 5) is 0. The van der Waals surface area contributed by atoms with Crippen LogP contribution in [-0.4, -0.2) is 24.9 Å². The second kappa shape index (κ2) is 5.49. The maximum Gasteiger partial charge on any atom is 0.119 e. The Hall–Kier alpha value is -1.06. The number of aryl methyl sites for hydroxylation is 1. The zero-order valence-electron chi connectivity index (χ0n) is 14.3. The summed E-state index contributed by atoms with van der Waals surface area (Å²) >= 11 is 0. The van der Waals surface area contributed by atoms with Gasteiger partial charge >= 0.3 is 0 Å². The molecule has 23 heavy (non-hydrogen) atoms. The Labute approximate surface area is 139 Å². The van der Waals surface area contributed by atoms with Gasteiger partial charge in [-0.15, -0.1) is 0 Å². The van der Waals surface area contributed by atoms with Gasteiger partial charge in [-0.3, -0.25) is 0 Å². The lowest BCUT2D eigenvalue weighted by molar-refractivity contribution is -0.0317. The molecule has 0 radical (unpaired) electrons. The fourth-order valence-electron chi connectivity index (χ4n) is 6.06. The van der Waals surface area contributed by atoms with Crippen LogP contribution in [0.2, 0.25) is 0 Å². The van der Waals surface area contributed by atoms with Gasteiger partial charge in [-0.1, -0.05) is 13.0 Å². The van der Waals surface area contributed by atoms with Gasteiger partial charge in [0.2, 0.25) is 0 Å². The third-order valence-corrected chi connectivity index (χ3v) is 7.35. The summed E-state index contributed by atoms with van der Waals surface area (Å²) < 4.78 is 5.40. The van der Waals surface area contributed by atoms with E-state index in [2.05, 4.69) is 25.1 Å². The number of fused-ring (bicyclic) bond motifs is 5. The van der Waals surface area contributed by atoms with Crippen molar-refractivity contribution in [3.63, 3.8) is 0 Å². The van der Waals surface area contributed by atoms with Crippen molar-refractivity contribution in [2.45, 2.75) is 51.0 Å². The van der Waals surface area contributed by atoms with Gasteiger partial charge in [0.15, 0.2) is 0 Å². The van der Waals surface area contributed by atoms with Crippen LogP contribution in [0.15, 0.2) is 18.2 Å². The predicted octanol–water partition coefficient (Wildman–Crippen LogP) is 3.10. The fraction of sp³-hybridized carbons (Fsp3) is 0.700. The summed E-state index contributed by atoms with van der Waals surface area (Å²) in [5.41, 5.74) is 9.03. The van der Waals surface area contributed by atoms with E-state index in [4.69, 9.17) is 10.5 Å². The minimum absolute atomic E-state index is 0.0785. The summed E-state index contributed by atoms with van der Waals surface area (Å²) in [5, 5.41) is 10.8. The van der Waals surface area contributed by atoms with Crippen molar-refractivity contribution in [1.29, 1.82) is 0 Å². The van der Waals surface area contributed by atoms with Crippen LogP contribution in [0.1, 0.15) is 49.7 Å². The first-order chi connectivity index (χ1) is 11.1. The molecule has 3 aliphatic rings. The number of hydrogen-bond donors (Lipinski definition) is 2. The van der Waals surface area contributed by atoms with Crippen LogP contribution in [0, 0.1) is 23.2 Å². The highest BCUT2D eigenvalue weighted by Crippen LogP contribution is 2.62. The van der Waals surface area contributed by atoms with Crippen molar-refractivity contribution in [2.75, 3.05) is 13.7 Å². The molecule has 0 heterocycles. The normalized spacial score (nSPS) is 41.8. The van der Waals surface area contributed by atoms with Crippen molar-refractivity contribution >= 4 is 0 Å². The summed E-state index contributed by atoms with van der Waals surface area (Å²) in [6.07, 6.45) is 5.61. The molecule has 0 unspecified atom stereocenters. The maximum absolute atomic E-state index is 10.8. The van der Waals surface area contributed by atoms with E-state index >= 15 is 0 Å². The number of methoxy groups -OCH3 is 1. The number of ether oxygens (including phenoxy) is 1. The Morgan fingerprint density at radius 1 is 1.35 bits per heavy atom. The predicted molar refractivity (Wildman–Crippen MR) is 91.5 cm³/mol. The van der Waals surface area contributed by atoms with Crippen molar-refractivity contribution < 1.29 is 9.84 Å². The number of aliphatic hydroxyl groups excluding tert-OH is 1. The number of hydrogen-bond acceptors (Lipinski definition) is 3. The van der Waals surface area contributed by atoms with E-state index in [0.29, 0.717) is 30.2 Å². The quantitative estimate of drug-likeness (QED) is 0.882. The summed E-state index contributed by atoms with van der Waals surface area (Å²) in [6, 6.07) is 6.63. The van der Waals surface area contributed by atoms with E-state index < -0.39 is 0 Å². The number of aliphatic hydroxyl groups is 1. The fourth-order valence-corrected chi connectivity index (χ4v) is 6.06. The second-order valence-corrected chi connectivity index (χ2v) is 8.20. The molecule has 1 aromatic carbocycles. The van der Waals surface area contributed by atoms with Crippen molar-refractivity contribution in [3.8, 4) is 5.75 Å². The molecule has 2 saturated carbocycles. The average molecular weight is 315 g/mol. The number of benzene rings is 1. The highest BCUT2D eigenvalue weighted by atomic mass is 16.5. The maximum atomic E-state index is 10.8. The Balaban J connectivity index is 1.67. The van der Waals surface area contributed by atoms with Crippen molar-refractivity contribution in [2.24, 2.45) is 28.9 Å². The van der Waals surface area contributed by atoms with Crippen LogP contribution in [0.3, 0.4) is 0 Å². The lowest BCUT2D eigenvalue weighted by Gasteiger charge is -2.50. The van der Waals surface area contributed by atoms with Crippen LogP contribution in [0.25, 0.3) is 0 Å². The molecule has 0 bridgehead atoms. The molecule has 0 spiro atoms. The van der Waals surface area contributed by atoms with E-state index in [1.165, 1.54) is 24.0 Å². The second-order valence-electron chi connectivity index (χ2n) is 8.20. The lowest BCUT2D eigenvalue weighted by Crippen LogP contribution is -2.44. The Bertz CT molecular complexity index is 601. The SMILES string of the molecule is COc1ccc2c(c1)CC[C@@H]1[C@@H]2CC[C@]2(C)[C@@H](O)[C@@H](CN)C[C@@H]12. The lowest BCUT2D eigenvalue weighted by atomic mass is 9.55. The summed E-state index contributed by atoms with van der Waals surface area (Å²) in [7, 11) is 1.74. The van der Waals surface area contributed by atoms with Gasteiger partial charge in [-0.25, -0.2) is 0 Å². The smallest absolute Gasteiger partial charge is 0.119 e. The topological polar surface area (TPSA) is 55.5 Å². The first kappa shape index (κ1) is 15.5. The van der Waals surface area contributed by atoms with Gasteiger partial charge in [-0.05, 0) is 91.0 Å². The van der Waals surface area contributed by atoms with Crippen LogP contribution >= 0.6 is 0 Å². The molecule has 2 fully saturated rings. The number of nitrogens with two attached hydrogens (primary N) is 1. The molecule has 0 aliphatic heterocycles. The van der Waals surface area contributed by atoms with Crippen molar-refractivity contribution in [3.05, 3.63) is 29.3 Å². The molecule has 4 rings (SSSR count). The molecule has 3 heteroatoms. The van der Waals surface area contributed by atoms with Crippen LogP contribution < -0.4 is 10.5 Å². The zero-order chi connectivity index (χ0) is 16.2. The van der Waals surface area contributed by atoms with Crippen LogP contribution in [-0.2, 0) is 6.42 Å². The van der Waals surface area contributed by atoms with E-state index in [1.54, 1.807) is 7.11 Å². The molecule has 3 N–H and O–H groups in total. The van der Waals surface area contributed by atoms with Gasteiger partial charge < -0.3 is 15.6 Å². The molecular weight excluding hydrogens is 286 g/mol. The third kappa shape index (κ3) is 2.16. The molecule has 126 valence electrons. The number of rotatable bonds is 2. The van der Waals surface area contributed by atoms with E-state index in [-0.39, 0.29) is 11.5 Å². The molecule has 0 amide bonds. The molecule has 0 aromatic heterocycles. The largest absolute Gasteiger partial charge is 0.497 e. The molecule has 6 atom stereocenters. The van der Waals surface area contributed by atoms with E-state index in [0.717, 1.165) is 25.0 Å². The highest BCUT2D eigenvalue weighted by molar-refractivity contribution is 5.40. The first-order valence-electron chi connectivity index (χ1n) is 9.13. The van der Waals surface area contributed by atoms with Gasteiger partial charge in [0.05, 0.1) is 13.2 Å². The molecule has 0 saturated heterocycles. The summed E-state index contributed by atoms with van der Waals surface area (Å²) in [5.74, 6) is 3.26. The summed E-state index contributed by atoms with van der Waals surface area (Å²) in [6.45, 7) is 2.94. The minimum Gasteiger partial charge on any atom is -0.497 e. The van der Waals surface area contributed by atoms with Crippen molar-refractivity contribution in [1.82, 2.24) is 0 Å². The zero-order valence-corrected chi connectivity index (χ0v) is 14.3. The molecule has 3 nitrogen and oxygen atoms in total. The molecule has 1 aromatic rings. The van der Waals surface area contributed by atoms with Crippen LogP contribution in [0.5, 0.6) is 5.75 Å². The highest BCUT2D eigenvalue weighted by Gasteiger charge is 2.57. The van der Waals surface area contributed by atoms with E-state index in [9.17, 15) is 5.11 Å². The van der Waals surface area contributed by atoms with Gasteiger partial charge in [-0.2, -0.15) is 0 Å². The monoisotopic (exact) mass is 315 g/mol. The first-order valence-corrected chi connectivity index (χ1v) is 9.13. The van der Waals surface area contributed by atoms with E-state index in [1.807, 2.05) is 0 Å². The molecular formula is C20H29NO2. The minimum atomic E-state index is -0.212. The van der Waals surface area contributed by atoms with Gasteiger partial charge in [0.1, 0.15) is 5.75 Å². The Kier molecular flexibility index (Phi) is 3.69. The van der Waals surface area contributed by atoms with Gasteiger partial charge in [0.25, 0.3) is 0 Å². The standard InChI is InChI=1S/C20H29NO2/c1-20-8-7-16-15-6-4-14(23-2)9-12(15)3-5-17(16)18(20)10-13(11-21)19(20)22/h4,6,9,13,16-19,22H,3,5,7-8,10-11,21H2,1-2H3/t13-,16-,17-,18+,19+,20+/m1/s1. The third-order valence-electron chi connectivity index (χ3n) is 7.35. The molecule has 3 aliphatic carbocycles. The van der Waals surface area contributed by atoms with Gasteiger partial charge in [0, 0.05) is 0 Å².